The van der Waals surface area contributed by atoms with Crippen molar-refractivity contribution in [3.05, 3.63) is 41.9 Å². The van der Waals surface area contributed by atoms with Gasteiger partial charge in [0.2, 0.25) is 0 Å². The van der Waals surface area contributed by atoms with Crippen molar-refractivity contribution in [1.29, 1.82) is 0 Å². The summed E-state index contributed by atoms with van der Waals surface area (Å²) in [5, 5.41) is 6.65. The zero-order chi connectivity index (χ0) is 27.5. The standard InChI is InChI=1S/C16H19N5.C6H13N.C6H14O.C2H6/c1-4-7-17-14-8-12(3)19-16(20-14)13-9-18-15-6-5-11(2)10-21(13)15;1-6-3-2-4-7-5-6;1-3-5-7-6-4-2;1-2/h5-6,8-10H,4,7H2,1-3H3,(H,17,19,20);6-7H,2-5H2,1H3;3-6H2,1-2H3;1-2H3. The fourth-order valence-electron chi connectivity index (χ4n) is 3.70. The van der Waals surface area contributed by atoms with E-state index in [4.69, 9.17) is 4.74 Å². The van der Waals surface area contributed by atoms with E-state index in [1.165, 1.54) is 31.5 Å². The molecule has 1 aliphatic rings. The zero-order valence-electron chi connectivity index (χ0n) is 24.7. The number of aromatic nitrogens is 4. The van der Waals surface area contributed by atoms with E-state index >= 15 is 0 Å². The Bertz CT molecular complexity index is 977. The summed E-state index contributed by atoms with van der Waals surface area (Å²) < 4.78 is 7.17. The minimum absolute atomic E-state index is 0.701. The molecule has 0 spiro atoms. The lowest BCUT2D eigenvalue weighted by Gasteiger charge is -2.17. The Hall–Kier alpha value is -2.51. The van der Waals surface area contributed by atoms with Gasteiger partial charge in [0, 0.05) is 37.7 Å². The van der Waals surface area contributed by atoms with Crippen LogP contribution in [0.1, 0.15) is 84.9 Å². The molecule has 3 aromatic rings. The largest absolute Gasteiger partial charge is 0.381 e. The minimum Gasteiger partial charge on any atom is -0.381 e. The highest BCUT2D eigenvalue weighted by atomic mass is 16.5. The van der Waals surface area contributed by atoms with E-state index in [0.29, 0.717) is 5.82 Å². The summed E-state index contributed by atoms with van der Waals surface area (Å²) in [6, 6.07) is 6.02. The number of pyridine rings is 1. The summed E-state index contributed by atoms with van der Waals surface area (Å²) in [7, 11) is 0. The van der Waals surface area contributed by atoms with Crippen molar-refractivity contribution in [3.8, 4) is 11.5 Å². The van der Waals surface area contributed by atoms with Crippen LogP contribution in [0.5, 0.6) is 0 Å². The average Bonchev–Trinajstić information content (AvgIpc) is 3.33. The maximum atomic E-state index is 5.13. The number of nitrogens with zero attached hydrogens (tertiary/aromatic N) is 4. The zero-order valence-corrected chi connectivity index (χ0v) is 24.7. The highest BCUT2D eigenvalue weighted by Crippen LogP contribution is 2.20. The molecule has 0 bridgehead atoms. The molecule has 1 unspecified atom stereocenters. The second kappa shape index (κ2) is 19.6. The third-order valence-corrected chi connectivity index (χ3v) is 5.53. The Balaban J connectivity index is 0.000000351. The van der Waals surface area contributed by atoms with Crippen LogP contribution in [0.15, 0.2) is 30.6 Å². The number of aryl methyl sites for hydroxylation is 2. The fourth-order valence-corrected chi connectivity index (χ4v) is 3.70. The first-order valence-corrected chi connectivity index (χ1v) is 14.3. The monoisotopic (exact) mass is 512 g/mol. The Kier molecular flexibility index (Phi) is 17.2. The predicted octanol–water partition coefficient (Wildman–Crippen LogP) is 7.09. The Labute approximate surface area is 225 Å². The first kappa shape index (κ1) is 32.5. The maximum absolute atomic E-state index is 5.13. The van der Waals surface area contributed by atoms with E-state index in [9.17, 15) is 0 Å². The summed E-state index contributed by atoms with van der Waals surface area (Å²) in [6.07, 6.45) is 10.0. The number of ether oxygens (including phenoxy) is 1. The third-order valence-electron chi connectivity index (χ3n) is 5.53. The van der Waals surface area contributed by atoms with Crippen molar-refractivity contribution in [2.24, 2.45) is 5.92 Å². The normalized spacial score (nSPS) is 14.4. The van der Waals surface area contributed by atoms with Crippen molar-refractivity contribution < 1.29 is 4.74 Å². The van der Waals surface area contributed by atoms with Gasteiger partial charge in [-0.05, 0) is 76.6 Å². The molecule has 1 atom stereocenters. The maximum Gasteiger partial charge on any atom is 0.180 e. The first-order chi connectivity index (χ1) is 18.0. The van der Waals surface area contributed by atoms with Crippen molar-refractivity contribution in [1.82, 2.24) is 24.7 Å². The summed E-state index contributed by atoms with van der Waals surface area (Å²) in [5.74, 6) is 2.49. The molecule has 0 saturated carbocycles. The molecule has 0 amide bonds. The van der Waals surface area contributed by atoms with Gasteiger partial charge in [0.25, 0.3) is 0 Å². The molecular formula is C30H52N6O. The Morgan fingerprint density at radius 1 is 1.05 bits per heavy atom. The molecule has 1 fully saturated rings. The van der Waals surface area contributed by atoms with Gasteiger partial charge in [-0.15, -0.1) is 0 Å². The van der Waals surface area contributed by atoms with Gasteiger partial charge in [-0.25, -0.2) is 15.0 Å². The van der Waals surface area contributed by atoms with Crippen LogP contribution in [-0.2, 0) is 4.74 Å². The van der Waals surface area contributed by atoms with Crippen LogP contribution in [0.4, 0.5) is 5.82 Å². The Morgan fingerprint density at radius 2 is 1.78 bits per heavy atom. The quantitative estimate of drug-likeness (QED) is 0.314. The average molecular weight is 513 g/mol. The first-order valence-electron chi connectivity index (χ1n) is 14.3. The number of rotatable bonds is 8. The SMILES string of the molecule is CC.CC1CCCNC1.CCCNc1cc(C)nc(-c2cnc3ccc(C)cn23)n1.CCCOCCC. The van der Waals surface area contributed by atoms with Gasteiger partial charge in [-0.2, -0.15) is 0 Å². The van der Waals surface area contributed by atoms with Gasteiger partial charge in [0.15, 0.2) is 5.82 Å². The molecule has 0 aliphatic carbocycles. The van der Waals surface area contributed by atoms with Crippen molar-refractivity contribution in [3.63, 3.8) is 0 Å². The van der Waals surface area contributed by atoms with Crippen LogP contribution in [-0.4, -0.2) is 52.2 Å². The van der Waals surface area contributed by atoms with Crippen molar-refractivity contribution in [2.75, 3.05) is 38.2 Å². The number of anilines is 1. The van der Waals surface area contributed by atoms with E-state index in [1.54, 1.807) is 0 Å². The molecule has 208 valence electrons. The van der Waals surface area contributed by atoms with Gasteiger partial charge >= 0.3 is 0 Å². The van der Waals surface area contributed by atoms with E-state index in [0.717, 1.165) is 67.8 Å². The van der Waals surface area contributed by atoms with Gasteiger partial charge < -0.3 is 15.4 Å². The number of imidazole rings is 1. The van der Waals surface area contributed by atoms with E-state index in [-0.39, 0.29) is 0 Å². The number of hydrogen-bond donors (Lipinski definition) is 2. The molecule has 1 aliphatic heterocycles. The molecule has 4 heterocycles. The fraction of sp³-hybridized carbons (Fsp3) is 0.633. The smallest absolute Gasteiger partial charge is 0.180 e. The molecule has 0 aromatic carbocycles. The van der Waals surface area contributed by atoms with E-state index < -0.39 is 0 Å². The summed E-state index contributed by atoms with van der Waals surface area (Å²) in [4.78, 5) is 13.6. The minimum atomic E-state index is 0.701. The van der Waals surface area contributed by atoms with Crippen LogP contribution < -0.4 is 10.6 Å². The summed E-state index contributed by atoms with van der Waals surface area (Å²) in [5.41, 5.74) is 3.95. The molecule has 7 heteroatoms. The van der Waals surface area contributed by atoms with Crippen LogP contribution >= 0.6 is 0 Å². The highest BCUT2D eigenvalue weighted by Gasteiger charge is 2.10. The molecule has 37 heavy (non-hydrogen) atoms. The van der Waals surface area contributed by atoms with Gasteiger partial charge in [0.1, 0.15) is 17.2 Å². The molecule has 4 rings (SSSR count). The summed E-state index contributed by atoms with van der Waals surface area (Å²) in [6.45, 7) is 22.0. The number of piperidine rings is 1. The lowest BCUT2D eigenvalue weighted by Crippen LogP contribution is -2.27. The lowest BCUT2D eigenvalue weighted by atomic mass is 10.0. The van der Waals surface area contributed by atoms with Gasteiger partial charge in [0.05, 0.1) is 6.20 Å². The number of hydrogen-bond acceptors (Lipinski definition) is 6. The van der Waals surface area contributed by atoms with Crippen LogP contribution in [0.25, 0.3) is 17.2 Å². The molecule has 7 nitrogen and oxygen atoms in total. The second-order valence-corrected chi connectivity index (χ2v) is 9.29. The topological polar surface area (TPSA) is 76.4 Å². The molecule has 3 aromatic heterocycles. The van der Waals surface area contributed by atoms with Crippen LogP contribution in [0, 0.1) is 19.8 Å². The second-order valence-electron chi connectivity index (χ2n) is 9.29. The number of nitrogens with one attached hydrogen (secondary N) is 2. The molecule has 2 N–H and O–H groups in total. The van der Waals surface area contributed by atoms with Crippen LogP contribution in [0.2, 0.25) is 0 Å². The lowest BCUT2D eigenvalue weighted by molar-refractivity contribution is 0.135. The van der Waals surface area contributed by atoms with Gasteiger partial charge in [-0.3, -0.25) is 4.40 Å². The number of fused-ring (bicyclic) bond motifs is 1. The third kappa shape index (κ3) is 12.5. The van der Waals surface area contributed by atoms with Gasteiger partial charge in [-0.1, -0.05) is 47.6 Å². The predicted molar refractivity (Wildman–Crippen MR) is 158 cm³/mol. The summed E-state index contributed by atoms with van der Waals surface area (Å²) >= 11 is 0. The molecule has 1 saturated heterocycles. The van der Waals surface area contributed by atoms with Crippen molar-refractivity contribution >= 4 is 11.5 Å². The molecule has 0 radical (unpaired) electrons. The van der Waals surface area contributed by atoms with Crippen LogP contribution in [0.3, 0.4) is 0 Å². The highest BCUT2D eigenvalue weighted by molar-refractivity contribution is 5.59. The Morgan fingerprint density at radius 3 is 2.35 bits per heavy atom. The van der Waals surface area contributed by atoms with E-state index in [1.807, 2.05) is 43.5 Å². The van der Waals surface area contributed by atoms with E-state index in [2.05, 4.69) is 72.5 Å². The van der Waals surface area contributed by atoms with Crippen molar-refractivity contribution in [2.45, 2.75) is 87.5 Å². The molecular weight excluding hydrogens is 460 g/mol.